The molecule has 2 N–H and O–H groups in total. The number of nitrogens with two attached hydrogens (primary N) is 1. The fourth-order valence-electron chi connectivity index (χ4n) is 2.72. The summed E-state index contributed by atoms with van der Waals surface area (Å²) in [5.74, 6) is 1.59. The predicted octanol–water partition coefficient (Wildman–Crippen LogP) is 3.69. The second-order valence-electron chi connectivity index (χ2n) is 4.42. The highest BCUT2D eigenvalue weighted by Gasteiger charge is 2.61. The van der Waals surface area contributed by atoms with Crippen molar-refractivity contribution in [2.24, 2.45) is 17.6 Å². The number of alkyl halides is 1. The normalized spacial score (nSPS) is 32.8. The van der Waals surface area contributed by atoms with Crippen LogP contribution < -0.4 is 5.73 Å². The van der Waals surface area contributed by atoms with Gasteiger partial charge in [-0.05, 0) is 29.5 Å². The summed E-state index contributed by atoms with van der Waals surface area (Å²) in [7, 11) is 0. The molecule has 2 unspecified atom stereocenters. The van der Waals surface area contributed by atoms with Gasteiger partial charge in [-0.1, -0.05) is 36.2 Å². The minimum Gasteiger partial charge on any atom is -0.330 e. The van der Waals surface area contributed by atoms with E-state index >= 15 is 0 Å². The molecule has 1 aromatic rings. The van der Waals surface area contributed by atoms with Crippen molar-refractivity contribution in [1.82, 2.24) is 0 Å². The molecule has 0 radical (unpaired) electrons. The minimum atomic E-state index is -0.00399. The Hall–Kier alpha value is 0.0500. The molecule has 1 fully saturated rings. The van der Waals surface area contributed by atoms with Crippen molar-refractivity contribution in [2.45, 2.75) is 12.3 Å². The van der Waals surface area contributed by atoms with Gasteiger partial charge in [0.15, 0.2) is 0 Å². The summed E-state index contributed by atoms with van der Waals surface area (Å²) < 4.78 is 0. The van der Waals surface area contributed by atoms with E-state index in [1.54, 1.807) is 0 Å². The van der Waals surface area contributed by atoms with Crippen LogP contribution in [0.5, 0.6) is 0 Å². The molecule has 0 heterocycles. The van der Waals surface area contributed by atoms with Crippen LogP contribution in [-0.2, 0) is 5.41 Å². The number of halogens is 3. The summed E-state index contributed by atoms with van der Waals surface area (Å²) in [6.07, 6.45) is 0. The molecular weight excluding hydrogens is 264 g/mol. The molecule has 0 amide bonds. The van der Waals surface area contributed by atoms with Gasteiger partial charge in [-0.3, -0.25) is 0 Å². The van der Waals surface area contributed by atoms with Gasteiger partial charge in [-0.25, -0.2) is 0 Å². The summed E-state index contributed by atoms with van der Waals surface area (Å²) in [5.41, 5.74) is 7.06. The Morgan fingerprint density at radius 3 is 2.44 bits per heavy atom. The molecule has 88 valence electrons. The lowest BCUT2D eigenvalue weighted by atomic mass is 9.92. The standard InChI is InChI=1S/C12H14Cl3N/c1-7-9(5-13)12(7,6-16)8-2-3-10(14)11(15)4-8/h2-4,7,9H,5-6,16H2,1H3/t7?,9?,12-/m1/s1. The predicted molar refractivity (Wildman–Crippen MR) is 70.6 cm³/mol. The van der Waals surface area contributed by atoms with E-state index in [4.69, 9.17) is 40.5 Å². The summed E-state index contributed by atoms with van der Waals surface area (Å²) in [5, 5.41) is 1.16. The lowest BCUT2D eigenvalue weighted by Crippen LogP contribution is -2.24. The van der Waals surface area contributed by atoms with E-state index in [1.807, 2.05) is 18.2 Å². The van der Waals surface area contributed by atoms with Gasteiger partial charge in [0, 0.05) is 17.8 Å². The average molecular weight is 279 g/mol. The van der Waals surface area contributed by atoms with E-state index in [0.29, 0.717) is 34.3 Å². The van der Waals surface area contributed by atoms with Crippen LogP contribution in [-0.4, -0.2) is 12.4 Å². The van der Waals surface area contributed by atoms with Crippen molar-refractivity contribution < 1.29 is 0 Å². The number of rotatable bonds is 3. The van der Waals surface area contributed by atoms with Crippen molar-refractivity contribution in [1.29, 1.82) is 0 Å². The maximum Gasteiger partial charge on any atom is 0.0595 e. The van der Waals surface area contributed by atoms with Crippen LogP contribution >= 0.6 is 34.8 Å². The summed E-state index contributed by atoms with van der Waals surface area (Å²) in [4.78, 5) is 0. The average Bonchev–Trinajstić information content (AvgIpc) is 2.88. The monoisotopic (exact) mass is 277 g/mol. The highest BCUT2D eigenvalue weighted by molar-refractivity contribution is 6.42. The van der Waals surface area contributed by atoms with Gasteiger partial charge in [0.1, 0.15) is 0 Å². The number of benzene rings is 1. The third-order valence-corrected chi connectivity index (χ3v) is 5.00. The summed E-state index contributed by atoms with van der Waals surface area (Å²) in [6, 6.07) is 5.75. The first-order valence-electron chi connectivity index (χ1n) is 5.29. The third-order valence-electron chi connectivity index (χ3n) is 3.93. The van der Waals surface area contributed by atoms with E-state index in [2.05, 4.69) is 6.92 Å². The van der Waals surface area contributed by atoms with Gasteiger partial charge < -0.3 is 5.73 Å². The number of hydrogen-bond donors (Lipinski definition) is 1. The minimum absolute atomic E-state index is 0.00399. The molecule has 3 atom stereocenters. The fourth-order valence-corrected chi connectivity index (χ4v) is 3.56. The molecule has 4 heteroatoms. The van der Waals surface area contributed by atoms with Crippen molar-refractivity contribution in [3.63, 3.8) is 0 Å². The summed E-state index contributed by atoms with van der Waals surface area (Å²) in [6.45, 7) is 2.78. The molecule has 2 rings (SSSR count). The zero-order valence-corrected chi connectivity index (χ0v) is 11.3. The zero-order valence-electron chi connectivity index (χ0n) is 9.01. The van der Waals surface area contributed by atoms with E-state index in [0.717, 1.165) is 5.56 Å². The molecule has 0 aliphatic heterocycles. The quantitative estimate of drug-likeness (QED) is 0.838. The topological polar surface area (TPSA) is 26.0 Å². The van der Waals surface area contributed by atoms with E-state index in [-0.39, 0.29) is 5.41 Å². The largest absolute Gasteiger partial charge is 0.330 e. The van der Waals surface area contributed by atoms with Crippen LogP contribution in [0.4, 0.5) is 0 Å². The van der Waals surface area contributed by atoms with Crippen LogP contribution in [0.1, 0.15) is 12.5 Å². The molecule has 1 nitrogen and oxygen atoms in total. The lowest BCUT2D eigenvalue weighted by molar-refractivity contribution is 0.621. The van der Waals surface area contributed by atoms with E-state index in [1.165, 1.54) is 0 Å². The van der Waals surface area contributed by atoms with E-state index in [9.17, 15) is 0 Å². The first kappa shape index (κ1) is 12.5. The van der Waals surface area contributed by atoms with Gasteiger partial charge in [-0.2, -0.15) is 0 Å². The first-order valence-corrected chi connectivity index (χ1v) is 6.58. The van der Waals surface area contributed by atoms with E-state index < -0.39 is 0 Å². The molecule has 0 aromatic heterocycles. The molecule has 16 heavy (non-hydrogen) atoms. The molecule has 0 saturated heterocycles. The van der Waals surface area contributed by atoms with Crippen LogP contribution in [0.2, 0.25) is 10.0 Å². The Labute approximate surface area is 111 Å². The number of hydrogen-bond acceptors (Lipinski definition) is 1. The molecule has 1 aromatic carbocycles. The highest BCUT2D eigenvalue weighted by Crippen LogP contribution is 2.59. The molecular formula is C12H14Cl3N. The van der Waals surface area contributed by atoms with Crippen molar-refractivity contribution in [3.8, 4) is 0 Å². The Morgan fingerprint density at radius 2 is 2.00 bits per heavy atom. The van der Waals surface area contributed by atoms with Crippen LogP contribution in [0.3, 0.4) is 0 Å². The summed E-state index contributed by atoms with van der Waals surface area (Å²) >= 11 is 17.9. The van der Waals surface area contributed by atoms with Crippen molar-refractivity contribution >= 4 is 34.8 Å². The van der Waals surface area contributed by atoms with Gasteiger partial charge in [0.05, 0.1) is 10.0 Å². The molecule has 0 bridgehead atoms. The first-order chi connectivity index (χ1) is 7.57. The molecule has 1 aliphatic carbocycles. The van der Waals surface area contributed by atoms with Gasteiger partial charge in [0.2, 0.25) is 0 Å². The fraction of sp³-hybridized carbons (Fsp3) is 0.500. The van der Waals surface area contributed by atoms with Gasteiger partial charge in [-0.15, -0.1) is 11.6 Å². The van der Waals surface area contributed by atoms with Gasteiger partial charge in [0.25, 0.3) is 0 Å². The highest BCUT2D eigenvalue weighted by atomic mass is 35.5. The Bertz CT molecular complexity index is 407. The second kappa shape index (κ2) is 4.38. The van der Waals surface area contributed by atoms with Gasteiger partial charge >= 0.3 is 0 Å². The SMILES string of the molecule is CC1C(CCl)[C@@]1(CN)c1ccc(Cl)c(Cl)c1. The smallest absolute Gasteiger partial charge is 0.0595 e. The molecule has 0 spiro atoms. The maximum atomic E-state index is 6.04. The zero-order chi connectivity index (χ0) is 11.9. The molecule has 1 saturated carbocycles. The van der Waals surface area contributed by atoms with Crippen molar-refractivity contribution in [3.05, 3.63) is 33.8 Å². The Balaban J connectivity index is 2.40. The van der Waals surface area contributed by atoms with Crippen LogP contribution in [0, 0.1) is 11.8 Å². The second-order valence-corrected chi connectivity index (χ2v) is 5.55. The Kier molecular flexibility index (Phi) is 3.42. The maximum absolute atomic E-state index is 6.04. The van der Waals surface area contributed by atoms with Crippen LogP contribution in [0.25, 0.3) is 0 Å². The third kappa shape index (κ3) is 1.65. The van der Waals surface area contributed by atoms with Crippen LogP contribution in [0.15, 0.2) is 18.2 Å². The van der Waals surface area contributed by atoms with Crippen molar-refractivity contribution in [2.75, 3.05) is 12.4 Å². The molecule has 1 aliphatic rings. The lowest BCUT2D eigenvalue weighted by Gasteiger charge is -2.16. The Morgan fingerprint density at radius 1 is 1.31 bits per heavy atom.